The Labute approximate surface area is 127 Å². The van der Waals surface area contributed by atoms with Crippen LogP contribution in [-0.4, -0.2) is 44.9 Å². The van der Waals surface area contributed by atoms with Crippen molar-refractivity contribution in [1.82, 2.24) is 14.3 Å². The first-order valence-electron chi connectivity index (χ1n) is 6.73. The zero-order chi connectivity index (χ0) is 15.6. The second kappa shape index (κ2) is 5.85. The average molecular weight is 309 g/mol. The minimum Gasteiger partial charge on any atom is -0.465 e. The van der Waals surface area contributed by atoms with Gasteiger partial charge in [-0.05, 0) is 27.7 Å². The molecule has 2 aromatic rings. The Morgan fingerprint density at radius 2 is 2.14 bits per heavy atom. The van der Waals surface area contributed by atoms with E-state index >= 15 is 0 Å². The molecular formula is C14H19N3O3S. The van der Waals surface area contributed by atoms with Gasteiger partial charge in [0, 0.05) is 24.1 Å². The third-order valence-corrected chi connectivity index (χ3v) is 3.95. The Kier molecular flexibility index (Phi) is 4.32. The van der Waals surface area contributed by atoms with Gasteiger partial charge in [0.15, 0.2) is 4.96 Å². The predicted molar refractivity (Wildman–Crippen MR) is 80.5 cm³/mol. The van der Waals surface area contributed by atoms with Gasteiger partial charge >= 0.3 is 5.97 Å². The first-order chi connectivity index (χ1) is 9.82. The molecule has 0 atom stereocenters. The van der Waals surface area contributed by atoms with E-state index in [-0.39, 0.29) is 12.5 Å². The maximum absolute atomic E-state index is 12.7. The number of carbonyl (C=O) groups is 2. The minimum absolute atomic E-state index is 0.0591. The van der Waals surface area contributed by atoms with E-state index in [1.807, 2.05) is 20.8 Å². The van der Waals surface area contributed by atoms with Crippen molar-refractivity contribution in [2.75, 3.05) is 13.2 Å². The van der Waals surface area contributed by atoms with Gasteiger partial charge in [-0.2, -0.15) is 0 Å². The molecule has 21 heavy (non-hydrogen) atoms. The summed E-state index contributed by atoms with van der Waals surface area (Å²) in [5, 5.41) is 0. The Morgan fingerprint density at radius 3 is 2.71 bits per heavy atom. The van der Waals surface area contributed by atoms with Crippen molar-refractivity contribution in [1.29, 1.82) is 0 Å². The Balaban J connectivity index is 2.25. The third kappa shape index (κ3) is 3.41. The van der Waals surface area contributed by atoms with Crippen LogP contribution in [0.2, 0.25) is 0 Å². The summed E-state index contributed by atoms with van der Waals surface area (Å²) in [6, 6.07) is 0. The summed E-state index contributed by atoms with van der Waals surface area (Å²) in [7, 11) is 0. The number of carbonyl (C=O) groups excluding carboxylic acids is 2. The summed E-state index contributed by atoms with van der Waals surface area (Å²) in [6.07, 6.45) is 5.20. The molecule has 2 heterocycles. The predicted octanol–water partition coefficient (Wildman–Crippen LogP) is 2.20. The number of thiazole rings is 1. The molecule has 0 spiro atoms. The van der Waals surface area contributed by atoms with E-state index in [1.54, 1.807) is 29.9 Å². The number of rotatable bonds is 4. The van der Waals surface area contributed by atoms with Gasteiger partial charge < -0.3 is 9.64 Å². The van der Waals surface area contributed by atoms with Crippen LogP contribution in [0.3, 0.4) is 0 Å². The van der Waals surface area contributed by atoms with Crippen molar-refractivity contribution in [3.8, 4) is 0 Å². The maximum atomic E-state index is 12.7. The van der Waals surface area contributed by atoms with Gasteiger partial charge in [-0.3, -0.25) is 14.0 Å². The number of hydrogen-bond acceptors (Lipinski definition) is 5. The van der Waals surface area contributed by atoms with Crippen LogP contribution in [0.4, 0.5) is 0 Å². The monoisotopic (exact) mass is 309 g/mol. The highest BCUT2D eigenvalue weighted by molar-refractivity contribution is 7.18. The molecule has 1 amide bonds. The van der Waals surface area contributed by atoms with Gasteiger partial charge in [0.2, 0.25) is 0 Å². The molecule has 0 N–H and O–H groups in total. The minimum atomic E-state index is -0.476. The van der Waals surface area contributed by atoms with Crippen LogP contribution < -0.4 is 0 Å². The van der Waals surface area contributed by atoms with E-state index in [4.69, 9.17) is 4.74 Å². The molecule has 2 aromatic heterocycles. The molecule has 0 saturated carbocycles. The lowest BCUT2D eigenvalue weighted by Crippen LogP contribution is -2.48. The van der Waals surface area contributed by atoms with Gasteiger partial charge in [0.25, 0.3) is 5.91 Å². The SMILES string of the molecule is CCOC(=O)CN(C(=O)c1cn2ccnc2s1)C(C)(C)C. The summed E-state index contributed by atoms with van der Waals surface area (Å²) >= 11 is 1.31. The van der Waals surface area contributed by atoms with Crippen molar-refractivity contribution in [2.45, 2.75) is 33.2 Å². The number of imidazole rings is 1. The van der Waals surface area contributed by atoms with Crippen LogP contribution in [0.15, 0.2) is 18.6 Å². The highest BCUT2D eigenvalue weighted by Crippen LogP contribution is 2.22. The van der Waals surface area contributed by atoms with Gasteiger partial charge in [0.05, 0.1) is 6.61 Å². The molecule has 0 bridgehead atoms. The highest BCUT2D eigenvalue weighted by Gasteiger charge is 2.31. The lowest BCUT2D eigenvalue weighted by Gasteiger charge is -2.34. The fraction of sp³-hybridized carbons (Fsp3) is 0.500. The fourth-order valence-electron chi connectivity index (χ4n) is 1.91. The first-order valence-corrected chi connectivity index (χ1v) is 7.54. The van der Waals surface area contributed by atoms with Crippen molar-refractivity contribution in [3.63, 3.8) is 0 Å². The molecule has 0 aromatic carbocycles. The number of nitrogens with zero attached hydrogens (tertiary/aromatic N) is 3. The summed E-state index contributed by atoms with van der Waals surface area (Å²) < 4.78 is 6.75. The van der Waals surface area contributed by atoms with E-state index in [0.717, 1.165) is 4.96 Å². The first kappa shape index (κ1) is 15.5. The summed E-state index contributed by atoms with van der Waals surface area (Å²) in [6.45, 7) is 7.66. The normalized spacial score (nSPS) is 11.6. The number of fused-ring (bicyclic) bond motifs is 1. The van der Waals surface area contributed by atoms with Gasteiger partial charge in [-0.15, -0.1) is 0 Å². The lowest BCUT2D eigenvalue weighted by molar-refractivity contribution is -0.144. The summed E-state index contributed by atoms with van der Waals surface area (Å²) in [5.74, 6) is -0.590. The third-order valence-electron chi connectivity index (χ3n) is 2.95. The van der Waals surface area contributed by atoms with Crippen LogP contribution in [0.5, 0.6) is 0 Å². The second-order valence-electron chi connectivity index (χ2n) is 5.58. The van der Waals surface area contributed by atoms with Gasteiger partial charge in [0.1, 0.15) is 11.4 Å². The fourth-order valence-corrected chi connectivity index (χ4v) is 2.80. The quantitative estimate of drug-likeness (QED) is 0.812. The summed E-state index contributed by atoms with van der Waals surface area (Å²) in [5.41, 5.74) is -0.476. The molecule has 0 fully saturated rings. The van der Waals surface area contributed by atoms with E-state index in [9.17, 15) is 9.59 Å². The van der Waals surface area contributed by atoms with Crippen molar-refractivity contribution < 1.29 is 14.3 Å². The number of amides is 1. The van der Waals surface area contributed by atoms with Gasteiger partial charge in [-0.25, -0.2) is 4.98 Å². The molecule has 0 radical (unpaired) electrons. The highest BCUT2D eigenvalue weighted by atomic mass is 32.1. The van der Waals surface area contributed by atoms with Crippen LogP contribution in [0, 0.1) is 0 Å². The molecule has 6 nitrogen and oxygen atoms in total. The van der Waals surface area contributed by atoms with E-state index in [1.165, 1.54) is 16.2 Å². The smallest absolute Gasteiger partial charge is 0.325 e. The molecule has 0 aliphatic heterocycles. The van der Waals surface area contributed by atoms with Gasteiger partial charge in [-0.1, -0.05) is 11.3 Å². The molecule has 2 rings (SSSR count). The topological polar surface area (TPSA) is 63.9 Å². The Morgan fingerprint density at radius 1 is 1.43 bits per heavy atom. The number of aromatic nitrogens is 2. The van der Waals surface area contributed by atoms with Crippen LogP contribution in [0.25, 0.3) is 4.96 Å². The largest absolute Gasteiger partial charge is 0.465 e. The van der Waals surface area contributed by atoms with E-state index in [0.29, 0.717) is 11.5 Å². The molecular weight excluding hydrogens is 290 g/mol. The molecule has 0 saturated heterocycles. The second-order valence-corrected chi connectivity index (χ2v) is 6.59. The number of esters is 1. The summed E-state index contributed by atoms with van der Waals surface area (Å²) in [4.78, 5) is 31.4. The zero-order valence-corrected chi connectivity index (χ0v) is 13.4. The molecule has 7 heteroatoms. The molecule has 0 aliphatic rings. The molecule has 0 aliphatic carbocycles. The zero-order valence-electron chi connectivity index (χ0n) is 12.6. The van der Waals surface area contributed by atoms with Crippen molar-refractivity contribution in [3.05, 3.63) is 23.5 Å². The molecule has 114 valence electrons. The lowest BCUT2D eigenvalue weighted by atomic mass is 10.1. The Bertz CT molecular complexity index is 625. The van der Waals surface area contributed by atoms with E-state index in [2.05, 4.69) is 4.98 Å². The van der Waals surface area contributed by atoms with Crippen LogP contribution in [-0.2, 0) is 9.53 Å². The van der Waals surface area contributed by atoms with Crippen LogP contribution >= 0.6 is 11.3 Å². The van der Waals surface area contributed by atoms with Crippen LogP contribution in [0.1, 0.15) is 37.4 Å². The number of hydrogen-bond donors (Lipinski definition) is 0. The molecule has 0 unspecified atom stereocenters. The van der Waals surface area contributed by atoms with Crippen molar-refractivity contribution in [2.24, 2.45) is 0 Å². The van der Waals surface area contributed by atoms with Crippen molar-refractivity contribution >= 4 is 28.2 Å². The average Bonchev–Trinajstić information content (AvgIpc) is 2.94. The Hall–Kier alpha value is -1.89. The maximum Gasteiger partial charge on any atom is 0.325 e. The standard InChI is InChI=1S/C14H19N3O3S/c1-5-20-11(18)9-17(14(2,3)4)12(19)10-8-16-7-6-15-13(16)21-10/h6-8H,5,9H2,1-4H3. The number of ether oxygens (including phenoxy) is 1. The van der Waals surface area contributed by atoms with E-state index < -0.39 is 11.5 Å².